The Bertz CT molecular complexity index is 984. The van der Waals surface area contributed by atoms with Crippen molar-refractivity contribution >= 4 is 17.8 Å². The highest BCUT2D eigenvalue weighted by Crippen LogP contribution is 2.28. The number of rotatable bonds is 7. The second-order valence-corrected chi connectivity index (χ2v) is 7.26. The van der Waals surface area contributed by atoms with E-state index < -0.39 is 48.2 Å². The van der Waals surface area contributed by atoms with Gasteiger partial charge in [0.25, 0.3) is 0 Å². The summed E-state index contributed by atoms with van der Waals surface area (Å²) < 4.78 is 11.6. The molecule has 0 aliphatic carbocycles. The zero-order valence-electron chi connectivity index (χ0n) is 18.0. The Morgan fingerprint density at radius 1 is 1.21 bits per heavy atom. The van der Waals surface area contributed by atoms with Gasteiger partial charge >= 0.3 is 17.6 Å². The van der Waals surface area contributed by atoms with Crippen LogP contribution in [0.1, 0.15) is 25.1 Å². The molecule has 0 bridgehead atoms. The minimum Gasteiger partial charge on any atom is -0.481 e. The first-order chi connectivity index (χ1) is 15.6. The topological polar surface area (TPSA) is 200 Å². The first kappa shape index (κ1) is 25.9. The molecule has 12 nitrogen and oxygen atoms in total. The van der Waals surface area contributed by atoms with E-state index in [1.54, 1.807) is 6.92 Å². The van der Waals surface area contributed by atoms with Crippen molar-refractivity contribution in [2.45, 2.75) is 50.3 Å². The van der Waals surface area contributed by atoms with Crippen LogP contribution in [0.5, 0.6) is 0 Å². The first-order valence-electron chi connectivity index (χ1n) is 10.2. The van der Waals surface area contributed by atoms with E-state index in [4.69, 9.17) is 26.0 Å². The Morgan fingerprint density at radius 3 is 2.42 bits per heavy atom. The normalized spacial score (nSPS) is 22.7. The molecule has 1 aromatic heterocycles. The van der Waals surface area contributed by atoms with Crippen LogP contribution < -0.4 is 17.2 Å². The summed E-state index contributed by atoms with van der Waals surface area (Å²) in [6, 6.07) is 9.70. The summed E-state index contributed by atoms with van der Waals surface area (Å²) >= 11 is 0. The predicted octanol–water partition coefficient (Wildman–Crippen LogP) is -0.961. The largest absolute Gasteiger partial charge is 0.481 e. The third-order valence-electron chi connectivity index (χ3n) is 4.76. The number of benzene rings is 1. The van der Waals surface area contributed by atoms with Crippen LogP contribution >= 0.6 is 0 Å². The maximum absolute atomic E-state index is 12.1. The van der Waals surface area contributed by atoms with E-state index in [1.807, 2.05) is 30.3 Å². The molecule has 7 N–H and O–H groups in total. The minimum absolute atomic E-state index is 0.0205. The molecule has 1 fully saturated rings. The second kappa shape index (κ2) is 12.1. The summed E-state index contributed by atoms with van der Waals surface area (Å²) in [5, 5.41) is 28.1. The van der Waals surface area contributed by atoms with Crippen molar-refractivity contribution in [1.29, 1.82) is 0 Å². The predicted molar refractivity (Wildman–Crippen MR) is 116 cm³/mol. The summed E-state index contributed by atoms with van der Waals surface area (Å²) in [5.74, 6) is -1.39. The number of nitrogen functional groups attached to an aromatic ring is 1. The number of hydrogen-bond acceptors (Lipinski definition) is 10. The SMILES string of the molecule is CCC(=O)O.Nc1ccn([C@@H]2O[C@H](COC(=O)[C@H](N)Cc3ccccc3)[C@@H](O)[C@@H]2O)c(=O)n1. The quantitative estimate of drug-likeness (QED) is 0.316. The molecule has 0 unspecified atom stereocenters. The van der Waals surface area contributed by atoms with Gasteiger partial charge in [-0.3, -0.25) is 14.2 Å². The summed E-state index contributed by atoms with van der Waals surface area (Å²) in [4.78, 5) is 36.9. The summed E-state index contributed by atoms with van der Waals surface area (Å²) in [5.41, 5.74) is 11.4. The number of carbonyl (C=O) groups is 2. The highest BCUT2D eigenvalue weighted by molar-refractivity contribution is 5.75. The molecule has 0 amide bonds. The third-order valence-corrected chi connectivity index (χ3v) is 4.76. The van der Waals surface area contributed by atoms with E-state index in [0.717, 1.165) is 10.1 Å². The van der Waals surface area contributed by atoms with Crippen LogP contribution in [0.2, 0.25) is 0 Å². The van der Waals surface area contributed by atoms with Crippen LogP contribution in [-0.4, -0.2) is 67.8 Å². The van der Waals surface area contributed by atoms with Gasteiger partial charge in [-0.05, 0) is 18.1 Å². The van der Waals surface area contributed by atoms with Gasteiger partial charge in [-0.2, -0.15) is 4.98 Å². The molecule has 0 saturated carbocycles. The number of esters is 1. The summed E-state index contributed by atoms with van der Waals surface area (Å²) in [6.45, 7) is 1.27. The first-order valence-corrected chi connectivity index (χ1v) is 10.2. The van der Waals surface area contributed by atoms with E-state index in [9.17, 15) is 24.6 Å². The maximum Gasteiger partial charge on any atom is 0.351 e. The molecule has 0 spiro atoms. The van der Waals surface area contributed by atoms with Gasteiger partial charge in [0, 0.05) is 12.6 Å². The Balaban J connectivity index is 0.000000696. The van der Waals surface area contributed by atoms with E-state index in [1.165, 1.54) is 12.3 Å². The van der Waals surface area contributed by atoms with Crippen LogP contribution in [0, 0.1) is 0 Å². The lowest BCUT2D eigenvalue weighted by Crippen LogP contribution is -2.39. The molecule has 3 rings (SSSR count). The number of carbonyl (C=O) groups excluding carboxylic acids is 1. The van der Waals surface area contributed by atoms with Crippen LogP contribution in [0.25, 0.3) is 0 Å². The minimum atomic E-state index is -1.41. The van der Waals surface area contributed by atoms with Gasteiger partial charge in [-0.1, -0.05) is 37.3 Å². The number of aromatic nitrogens is 2. The third kappa shape index (κ3) is 7.36. The van der Waals surface area contributed by atoms with Gasteiger partial charge in [0.2, 0.25) is 0 Å². The van der Waals surface area contributed by atoms with Crippen LogP contribution in [-0.2, 0) is 25.5 Å². The Hall–Kier alpha value is -3.32. The van der Waals surface area contributed by atoms with Gasteiger partial charge < -0.3 is 36.3 Å². The van der Waals surface area contributed by atoms with E-state index in [0.29, 0.717) is 6.42 Å². The average molecular weight is 464 g/mol. The Kier molecular flexibility index (Phi) is 9.48. The summed E-state index contributed by atoms with van der Waals surface area (Å²) in [7, 11) is 0. The molecule has 12 heteroatoms. The fourth-order valence-electron chi connectivity index (χ4n) is 2.94. The molecule has 33 heavy (non-hydrogen) atoms. The number of carboxylic acid groups (broad SMARTS) is 1. The number of aliphatic hydroxyl groups excluding tert-OH is 2. The lowest BCUT2D eigenvalue weighted by Gasteiger charge is -2.17. The van der Waals surface area contributed by atoms with Gasteiger partial charge in [0.15, 0.2) is 6.23 Å². The van der Waals surface area contributed by atoms with E-state index in [2.05, 4.69) is 4.98 Å². The molecule has 1 aromatic carbocycles. The lowest BCUT2D eigenvalue weighted by molar-refractivity contribution is -0.151. The number of nitrogens with two attached hydrogens (primary N) is 2. The highest BCUT2D eigenvalue weighted by atomic mass is 16.6. The zero-order chi connectivity index (χ0) is 24.5. The molecule has 1 saturated heterocycles. The smallest absolute Gasteiger partial charge is 0.351 e. The number of hydrogen-bond donors (Lipinski definition) is 5. The molecular formula is C21H28N4O8. The van der Waals surface area contributed by atoms with Crippen LogP contribution in [0.3, 0.4) is 0 Å². The number of aliphatic hydroxyl groups is 2. The molecule has 1 aliphatic rings. The summed E-state index contributed by atoms with van der Waals surface area (Å²) in [6.07, 6.45) is -3.17. The number of aliphatic carboxylic acids is 1. The molecule has 2 aromatic rings. The molecule has 2 heterocycles. The highest BCUT2D eigenvalue weighted by Gasteiger charge is 2.44. The Morgan fingerprint density at radius 2 is 1.85 bits per heavy atom. The molecule has 0 radical (unpaired) electrons. The van der Waals surface area contributed by atoms with Gasteiger partial charge in [-0.15, -0.1) is 0 Å². The van der Waals surface area contributed by atoms with Crippen molar-refractivity contribution < 1.29 is 34.4 Å². The van der Waals surface area contributed by atoms with Crippen LogP contribution in [0.15, 0.2) is 47.4 Å². The fourth-order valence-corrected chi connectivity index (χ4v) is 2.94. The van der Waals surface area contributed by atoms with Gasteiger partial charge in [-0.25, -0.2) is 4.79 Å². The number of carboxylic acids is 1. The number of nitrogens with zero attached hydrogens (tertiary/aromatic N) is 2. The van der Waals surface area contributed by atoms with Gasteiger partial charge in [0.05, 0.1) is 0 Å². The van der Waals surface area contributed by atoms with E-state index >= 15 is 0 Å². The Labute approximate surface area is 189 Å². The molecule has 5 atom stereocenters. The molecule has 180 valence electrons. The second-order valence-electron chi connectivity index (χ2n) is 7.26. The van der Waals surface area contributed by atoms with Crippen molar-refractivity contribution in [2.75, 3.05) is 12.3 Å². The van der Waals surface area contributed by atoms with Crippen molar-refractivity contribution in [3.63, 3.8) is 0 Å². The lowest BCUT2D eigenvalue weighted by atomic mass is 10.1. The maximum atomic E-state index is 12.1. The van der Waals surface area contributed by atoms with Crippen molar-refractivity contribution in [3.8, 4) is 0 Å². The number of ether oxygens (including phenoxy) is 2. The van der Waals surface area contributed by atoms with Crippen LogP contribution in [0.4, 0.5) is 5.82 Å². The zero-order valence-corrected chi connectivity index (χ0v) is 18.0. The van der Waals surface area contributed by atoms with Crippen molar-refractivity contribution in [3.05, 3.63) is 58.6 Å². The monoisotopic (exact) mass is 464 g/mol. The van der Waals surface area contributed by atoms with E-state index in [-0.39, 0.29) is 18.8 Å². The molecular weight excluding hydrogens is 436 g/mol. The van der Waals surface area contributed by atoms with Gasteiger partial charge in [0.1, 0.15) is 36.8 Å². The number of anilines is 1. The van der Waals surface area contributed by atoms with Crippen molar-refractivity contribution in [2.24, 2.45) is 5.73 Å². The van der Waals surface area contributed by atoms with Crippen molar-refractivity contribution in [1.82, 2.24) is 9.55 Å². The average Bonchev–Trinajstić information content (AvgIpc) is 3.07. The fraction of sp³-hybridized carbons (Fsp3) is 0.429. The standard InChI is InChI=1S/C18H22N4O6.C3H6O2/c19-11(8-10-4-2-1-3-5-10)17(25)27-9-12-14(23)15(24)16(28-12)22-7-6-13(20)21-18(22)26;1-2-3(4)5/h1-7,11-12,14-16,23-24H,8-9,19H2,(H2,20,21,26);2H2,1H3,(H,4,5)/t11-,12-,14-,15+,16-;/m1./s1. The molecule has 1 aliphatic heterocycles.